The topological polar surface area (TPSA) is 9.23 Å². The lowest BCUT2D eigenvalue weighted by Crippen LogP contribution is -2.11. The van der Waals surface area contributed by atoms with Gasteiger partial charge in [-0.15, -0.1) is 0 Å². The van der Waals surface area contributed by atoms with Crippen molar-refractivity contribution in [2.24, 2.45) is 0 Å². The molecule has 1 aromatic rings. The molecule has 0 radical (unpaired) electrons. The molecule has 1 rings (SSSR count). The minimum absolute atomic E-state index is 0.188. The van der Waals surface area contributed by atoms with Gasteiger partial charge in [0.15, 0.2) is 0 Å². The van der Waals surface area contributed by atoms with Crippen molar-refractivity contribution in [3.63, 3.8) is 0 Å². The number of hydrogen-bond acceptors (Lipinski definition) is 1. The minimum Gasteiger partial charge on any atom is -0.493 e. The third kappa shape index (κ3) is 3.33. The van der Waals surface area contributed by atoms with E-state index in [1.54, 1.807) is 0 Å². The standard InChI is InChI=1S/C12H17BrO/c1-12(2,3)10-5-4-6-11(9-10)14-8-7-13/h4-6,9H,7-8H2,1-3H3. The monoisotopic (exact) mass is 256 g/mol. The highest BCUT2D eigenvalue weighted by Crippen LogP contribution is 2.25. The highest BCUT2D eigenvalue weighted by molar-refractivity contribution is 9.09. The molecule has 0 heterocycles. The van der Waals surface area contributed by atoms with E-state index in [1.807, 2.05) is 12.1 Å². The maximum atomic E-state index is 5.54. The number of hydrogen-bond donors (Lipinski definition) is 0. The quantitative estimate of drug-likeness (QED) is 0.749. The minimum atomic E-state index is 0.188. The molecule has 0 spiro atoms. The summed E-state index contributed by atoms with van der Waals surface area (Å²) < 4.78 is 5.54. The van der Waals surface area contributed by atoms with Crippen molar-refractivity contribution < 1.29 is 4.74 Å². The average molecular weight is 257 g/mol. The highest BCUT2D eigenvalue weighted by Gasteiger charge is 2.13. The van der Waals surface area contributed by atoms with Gasteiger partial charge >= 0.3 is 0 Å². The summed E-state index contributed by atoms with van der Waals surface area (Å²) in [6.45, 7) is 7.33. The van der Waals surface area contributed by atoms with Crippen LogP contribution in [0.1, 0.15) is 26.3 Å². The summed E-state index contributed by atoms with van der Waals surface area (Å²) >= 11 is 3.34. The molecule has 1 nitrogen and oxygen atoms in total. The Labute approximate surface area is 94.6 Å². The molecular formula is C12H17BrO. The zero-order valence-electron chi connectivity index (χ0n) is 9.01. The largest absolute Gasteiger partial charge is 0.493 e. The lowest BCUT2D eigenvalue weighted by atomic mass is 9.87. The smallest absolute Gasteiger partial charge is 0.119 e. The molecule has 0 unspecified atom stereocenters. The average Bonchev–Trinajstić information content (AvgIpc) is 2.14. The summed E-state index contributed by atoms with van der Waals surface area (Å²) in [5, 5.41) is 0.868. The van der Waals surface area contributed by atoms with Gasteiger partial charge in [0.05, 0.1) is 6.61 Å². The summed E-state index contributed by atoms with van der Waals surface area (Å²) in [5.74, 6) is 0.955. The molecule has 0 N–H and O–H groups in total. The molecular weight excluding hydrogens is 240 g/mol. The third-order valence-corrected chi connectivity index (χ3v) is 2.37. The molecule has 2 heteroatoms. The summed E-state index contributed by atoms with van der Waals surface area (Å²) in [7, 11) is 0. The first kappa shape index (κ1) is 11.6. The van der Waals surface area contributed by atoms with Gasteiger partial charge in [-0.25, -0.2) is 0 Å². The molecule has 78 valence electrons. The van der Waals surface area contributed by atoms with Crippen LogP contribution in [-0.2, 0) is 5.41 Å². The van der Waals surface area contributed by atoms with E-state index < -0.39 is 0 Å². The fourth-order valence-corrected chi connectivity index (χ4v) is 1.37. The Hall–Kier alpha value is -0.500. The summed E-state index contributed by atoms with van der Waals surface area (Å²) in [6, 6.07) is 8.30. The van der Waals surface area contributed by atoms with Crippen LogP contribution in [-0.4, -0.2) is 11.9 Å². The molecule has 0 aliphatic carbocycles. The highest BCUT2D eigenvalue weighted by atomic mass is 79.9. The van der Waals surface area contributed by atoms with Gasteiger partial charge < -0.3 is 4.74 Å². The first-order valence-electron chi connectivity index (χ1n) is 4.83. The molecule has 0 saturated carbocycles. The molecule has 14 heavy (non-hydrogen) atoms. The molecule has 0 amide bonds. The van der Waals surface area contributed by atoms with Crippen LogP contribution in [0.2, 0.25) is 0 Å². The molecule has 0 fully saturated rings. The Morgan fingerprint density at radius 2 is 2.00 bits per heavy atom. The van der Waals surface area contributed by atoms with Gasteiger partial charge in [-0.3, -0.25) is 0 Å². The van der Waals surface area contributed by atoms with Crippen molar-refractivity contribution >= 4 is 15.9 Å². The second-order valence-electron chi connectivity index (χ2n) is 4.32. The van der Waals surface area contributed by atoms with Crippen LogP contribution < -0.4 is 4.74 Å². The summed E-state index contributed by atoms with van der Waals surface area (Å²) in [6.07, 6.45) is 0. The normalized spacial score (nSPS) is 11.4. The van der Waals surface area contributed by atoms with Crippen molar-refractivity contribution in [3.05, 3.63) is 29.8 Å². The van der Waals surface area contributed by atoms with Crippen molar-refractivity contribution in [1.82, 2.24) is 0 Å². The predicted octanol–water partition coefficient (Wildman–Crippen LogP) is 3.76. The predicted molar refractivity (Wildman–Crippen MR) is 64.4 cm³/mol. The Balaban J connectivity index is 2.79. The molecule has 0 bridgehead atoms. The zero-order valence-corrected chi connectivity index (χ0v) is 10.6. The van der Waals surface area contributed by atoms with Crippen molar-refractivity contribution in [2.45, 2.75) is 26.2 Å². The molecule has 0 aromatic heterocycles. The molecule has 1 aromatic carbocycles. The van der Waals surface area contributed by atoms with Crippen LogP contribution in [0.5, 0.6) is 5.75 Å². The van der Waals surface area contributed by atoms with E-state index in [9.17, 15) is 0 Å². The fourth-order valence-electron chi connectivity index (χ4n) is 1.21. The Bertz CT molecular complexity index is 289. The van der Waals surface area contributed by atoms with E-state index >= 15 is 0 Å². The SMILES string of the molecule is CC(C)(C)c1cccc(OCCBr)c1. The van der Waals surface area contributed by atoms with Crippen LogP contribution in [0.3, 0.4) is 0 Å². The van der Waals surface area contributed by atoms with Gasteiger partial charge in [0.1, 0.15) is 5.75 Å². The molecule has 0 saturated heterocycles. The number of benzene rings is 1. The fraction of sp³-hybridized carbons (Fsp3) is 0.500. The Morgan fingerprint density at radius 1 is 1.29 bits per heavy atom. The molecule has 0 atom stereocenters. The van der Waals surface area contributed by atoms with Gasteiger partial charge in [-0.05, 0) is 23.1 Å². The van der Waals surface area contributed by atoms with Gasteiger partial charge in [0.25, 0.3) is 0 Å². The van der Waals surface area contributed by atoms with E-state index in [1.165, 1.54) is 5.56 Å². The van der Waals surface area contributed by atoms with Crippen LogP contribution >= 0.6 is 15.9 Å². The first-order valence-corrected chi connectivity index (χ1v) is 5.95. The van der Waals surface area contributed by atoms with E-state index in [0.29, 0.717) is 6.61 Å². The van der Waals surface area contributed by atoms with Crippen LogP contribution in [0.15, 0.2) is 24.3 Å². The molecule has 0 aliphatic rings. The van der Waals surface area contributed by atoms with Crippen molar-refractivity contribution in [1.29, 1.82) is 0 Å². The third-order valence-electron chi connectivity index (χ3n) is 2.05. The van der Waals surface area contributed by atoms with E-state index in [0.717, 1.165) is 11.1 Å². The van der Waals surface area contributed by atoms with E-state index in [-0.39, 0.29) is 5.41 Å². The van der Waals surface area contributed by atoms with Crippen molar-refractivity contribution in [2.75, 3.05) is 11.9 Å². The van der Waals surface area contributed by atoms with Crippen LogP contribution in [0, 0.1) is 0 Å². The van der Waals surface area contributed by atoms with Gasteiger partial charge in [0, 0.05) is 5.33 Å². The second kappa shape index (κ2) is 4.83. The van der Waals surface area contributed by atoms with Crippen molar-refractivity contribution in [3.8, 4) is 5.75 Å². The number of halogens is 1. The summed E-state index contributed by atoms with van der Waals surface area (Å²) in [5.41, 5.74) is 1.50. The Morgan fingerprint density at radius 3 is 2.57 bits per heavy atom. The second-order valence-corrected chi connectivity index (χ2v) is 5.11. The lowest BCUT2D eigenvalue weighted by molar-refractivity contribution is 0.344. The van der Waals surface area contributed by atoms with E-state index in [2.05, 4.69) is 48.8 Å². The lowest BCUT2D eigenvalue weighted by Gasteiger charge is -2.19. The van der Waals surface area contributed by atoms with Gasteiger partial charge in [-0.2, -0.15) is 0 Å². The zero-order chi connectivity index (χ0) is 10.6. The number of ether oxygens (including phenoxy) is 1. The van der Waals surface area contributed by atoms with Crippen LogP contribution in [0.25, 0.3) is 0 Å². The maximum Gasteiger partial charge on any atom is 0.119 e. The number of rotatable bonds is 3. The number of alkyl halides is 1. The van der Waals surface area contributed by atoms with Crippen LogP contribution in [0.4, 0.5) is 0 Å². The van der Waals surface area contributed by atoms with Gasteiger partial charge in [0.2, 0.25) is 0 Å². The Kier molecular flexibility index (Phi) is 3.99. The summed E-state index contributed by atoms with van der Waals surface area (Å²) in [4.78, 5) is 0. The maximum absolute atomic E-state index is 5.54. The van der Waals surface area contributed by atoms with Gasteiger partial charge in [-0.1, -0.05) is 48.8 Å². The first-order chi connectivity index (χ1) is 6.54. The van der Waals surface area contributed by atoms with E-state index in [4.69, 9.17) is 4.74 Å². The molecule has 0 aliphatic heterocycles.